The van der Waals surface area contributed by atoms with Gasteiger partial charge in [-0.1, -0.05) is 12.1 Å². The SMILES string of the molecule is OCC1CC(O)CC(Oc2c[nH]c3ccccc23)O1. The van der Waals surface area contributed by atoms with Gasteiger partial charge < -0.3 is 24.7 Å². The molecule has 1 aliphatic heterocycles. The van der Waals surface area contributed by atoms with E-state index in [0.717, 1.165) is 10.9 Å². The minimum absolute atomic E-state index is 0.106. The van der Waals surface area contributed by atoms with Crippen LogP contribution >= 0.6 is 0 Å². The van der Waals surface area contributed by atoms with Crippen molar-refractivity contribution in [2.75, 3.05) is 6.61 Å². The topological polar surface area (TPSA) is 74.7 Å². The molecule has 0 amide bonds. The van der Waals surface area contributed by atoms with Crippen LogP contribution in [0.15, 0.2) is 30.5 Å². The van der Waals surface area contributed by atoms with Gasteiger partial charge in [0, 0.05) is 29.9 Å². The van der Waals surface area contributed by atoms with E-state index in [0.29, 0.717) is 18.6 Å². The Hall–Kier alpha value is -1.56. The van der Waals surface area contributed by atoms with Crippen LogP contribution in [-0.2, 0) is 4.74 Å². The number of rotatable bonds is 3. The molecule has 1 aromatic heterocycles. The van der Waals surface area contributed by atoms with Crippen molar-refractivity contribution >= 4 is 10.9 Å². The fourth-order valence-corrected chi connectivity index (χ4v) is 2.43. The second-order valence-corrected chi connectivity index (χ2v) is 4.81. The van der Waals surface area contributed by atoms with Crippen LogP contribution in [0.4, 0.5) is 0 Å². The lowest BCUT2D eigenvalue weighted by Gasteiger charge is -2.32. The minimum Gasteiger partial charge on any atom is -0.463 e. The first-order chi connectivity index (χ1) is 9.26. The van der Waals surface area contributed by atoms with E-state index >= 15 is 0 Å². The zero-order valence-electron chi connectivity index (χ0n) is 10.5. The number of hydrogen-bond donors (Lipinski definition) is 3. The Balaban J connectivity index is 1.77. The summed E-state index contributed by atoms with van der Waals surface area (Å²) in [4.78, 5) is 3.12. The number of aromatic nitrogens is 1. The van der Waals surface area contributed by atoms with Crippen LogP contribution < -0.4 is 4.74 Å². The molecule has 5 nitrogen and oxygen atoms in total. The number of para-hydroxylation sites is 1. The van der Waals surface area contributed by atoms with E-state index < -0.39 is 12.4 Å². The van der Waals surface area contributed by atoms with Gasteiger partial charge in [-0.15, -0.1) is 0 Å². The maximum absolute atomic E-state index is 9.74. The summed E-state index contributed by atoms with van der Waals surface area (Å²) in [6, 6.07) is 7.82. The highest BCUT2D eigenvalue weighted by molar-refractivity contribution is 5.85. The molecule has 5 heteroatoms. The van der Waals surface area contributed by atoms with Crippen molar-refractivity contribution in [3.63, 3.8) is 0 Å². The van der Waals surface area contributed by atoms with Crippen LogP contribution in [-0.4, -0.2) is 40.3 Å². The number of hydrogen-bond acceptors (Lipinski definition) is 4. The van der Waals surface area contributed by atoms with Crippen molar-refractivity contribution in [2.24, 2.45) is 0 Å². The molecule has 3 rings (SSSR count). The van der Waals surface area contributed by atoms with Gasteiger partial charge in [0.05, 0.1) is 18.8 Å². The molecule has 1 aromatic carbocycles. The summed E-state index contributed by atoms with van der Waals surface area (Å²) in [5.74, 6) is 0.700. The Labute approximate surface area is 110 Å². The summed E-state index contributed by atoms with van der Waals surface area (Å²) in [7, 11) is 0. The fourth-order valence-electron chi connectivity index (χ4n) is 2.43. The number of ether oxygens (including phenoxy) is 2. The van der Waals surface area contributed by atoms with Crippen molar-refractivity contribution in [3.05, 3.63) is 30.5 Å². The monoisotopic (exact) mass is 263 g/mol. The van der Waals surface area contributed by atoms with Crippen molar-refractivity contribution in [1.29, 1.82) is 0 Å². The molecule has 3 atom stereocenters. The van der Waals surface area contributed by atoms with Gasteiger partial charge in [-0.2, -0.15) is 0 Å². The van der Waals surface area contributed by atoms with Gasteiger partial charge in [-0.3, -0.25) is 0 Å². The number of fused-ring (bicyclic) bond motifs is 1. The highest BCUT2D eigenvalue weighted by Crippen LogP contribution is 2.29. The van der Waals surface area contributed by atoms with Crippen LogP contribution in [0.1, 0.15) is 12.8 Å². The maximum atomic E-state index is 9.74. The molecule has 0 bridgehead atoms. The van der Waals surface area contributed by atoms with E-state index in [2.05, 4.69) is 4.98 Å². The standard InChI is InChI=1S/C14H17NO4/c16-8-10-5-9(17)6-14(18-10)19-13-7-15-12-4-2-1-3-11(12)13/h1-4,7,9-10,14-17H,5-6,8H2. The van der Waals surface area contributed by atoms with Gasteiger partial charge in [0.25, 0.3) is 0 Å². The van der Waals surface area contributed by atoms with Crippen LogP contribution in [0.3, 0.4) is 0 Å². The summed E-state index contributed by atoms with van der Waals surface area (Å²) in [5, 5.41) is 19.8. The zero-order valence-corrected chi connectivity index (χ0v) is 10.5. The molecule has 3 N–H and O–H groups in total. The summed E-state index contributed by atoms with van der Waals surface area (Å²) in [6.07, 6.45) is 1.25. The predicted molar refractivity (Wildman–Crippen MR) is 69.9 cm³/mol. The van der Waals surface area contributed by atoms with Crippen LogP contribution in [0.5, 0.6) is 5.75 Å². The van der Waals surface area contributed by atoms with Crippen LogP contribution in [0.2, 0.25) is 0 Å². The Kier molecular flexibility index (Phi) is 3.42. The Morgan fingerprint density at radius 2 is 2.16 bits per heavy atom. The normalized spacial score (nSPS) is 27.6. The number of H-pyrrole nitrogens is 1. The van der Waals surface area contributed by atoms with E-state index in [1.807, 2.05) is 24.3 Å². The van der Waals surface area contributed by atoms with Gasteiger partial charge in [-0.05, 0) is 12.1 Å². The molecule has 0 aliphatic carbocycles. The molecule has 19 heavy (non-hydrogen) atoms. The second kappa shape index (κ2) is 5.21. The minimum atomic E-state index is -0.528. The van der Waals surface area contributed by atoms with Crippen LogP contribution in [0, 0.1) is 0 Å². The maximum Gasteiger partial charge on any atom is 0.202 e. The molecule has 3 unspecified atom stereocenters. The number of aromatic amines is 1. The Morgan fingerprint density at radius 1 is 1.32 bits per heavy atom. The van der Waals surface area contributed by atoms with Crippen molar-refractivity contribution in [1.82, 2.24) is 4.98 Å². The number of aliphatic hydroxyl groups excluding tert-OH is 2. The van der Waals surface area contributed by atoms with Crippen LogP contribution in [0.25, 0.3) is 10.9 Å². The zero-order chi connectivity index (χ0) is 13.2. The Morgan fingerprint density at radius 3 is 3.00 bits per heavy atom. The molecule has 0 radical (unpaired) electrons. The highest BCUT2D eigenvalue weighted by Gasteiger charge is 2.29. The van der Waals surface area contributed by atoms with Gasteiger partial charge in [0.15, 0.2) is 0 Å². The first kappa shape index (κ1) is 12.5. The first-order valence-corrected chi connectivity index (χ1v) is 6.43. The smallest absolute Gasteiger partial charge is 0.202 e. The second-order valence-electron chi connectivity index (χ2n) is 4.81. The van der Waals surface area contributed by atoms with E-state index in [1.165, 1.54) is 0 Å². The lowest BCUT2D eigenvalue weighted by Crippen LogP contribution is -2.40. The third-order valence-electron chi connectivity index (χ3n) is 3.36. The number of nitrogens with one attached hydrogen (secondary N) is 1. The molecule has 2 aromatic rings. The lowest BCUT2D eigenvalue weighted by molar-refractivity contribution is -0.184. The van der Waals surface area contributed by atoms with Gasteiger partial charge >= 0.3 is 0 Å². The molecule has 1 saturated heterocycles. The average molecular weight is 263 g/mol. The van der Waals surface area contributed by atoms with Crippen molar-refractivity contribution < 1.29 is 19.7 Å². The third kappa shape index (κ3) is 2.58. The molecule has 2 heterocycles. The van der Waals surface area contributed by atoms with Gasteiger partial charge in [-0.25, -0.2) is 0 Å². The molecule has 102 valence electrons. The van der Waals surface area contributed by atoms with Crippen molar-refractivity contribution in [2.45, 2.75) is 31.3 Å². The molecule has 0 saturated carbocycles. The molecule has 1 fully saturated rings. The largest absolute Gasteiger partial charge is 0.463 e. The summed E-state index contributed by atoms with van der Waals surface area (Å²) in [5.41, 5.74) is 0.993. The average Bonchev–Trinajstić information content (AvgIpc) is 2.82. The number of benzene rings is 1. The molecular weight excluding hydrogens is 246 g/mol. The molecule has 1 aliphatic rings. The van der Waals surface area contributed by atoms with Gasteiger partial charge in [0.1, 0.15) is 5.75 Å². The first-order valence-electron chi connectivity index (χ1n) is 6.43. The number of aliphatic hydroxyl groups is 2. The Bertz CT molecular complexity index is 553. The van der Waals surface area contributed by atoms with E-state index in [9.17, 15) is 5.11 Å². The molecule has 0 spiro atoms. The van der Waals surface area contributed by atoms with Crippen molar-refractivity contribution in [3.8, 4) is 5.75 Å². The van der Waals surface area contributed by atoms with E-state index in [1.54, 1.807) is 6.20 Å². The lowest BCUT2D eigenvalue weighted by atomic mass is 10.1. The fraction of sp³-hybridized carbons (Fsp3) is 0.429. The van der Waals surface area contributed by atoms with E-state index in [4.69, 9.17) is 14.6 Å². The summed E-state index contributed by atoms with van der Waals surface area (Å²) < 4.78 is 11.4. The summed E-state index contributed by atoms with van der Waals surface area (Å²) in [6.45, 7) is -0.106. The van der Waals surface area contributed by atoms with Gasteiger partial charge in [0.2, 0.25) is 6.29 Å². The van der Waals surface area contributed by atoms with E-state index in [-0.39, 0.29) is 12.7 Å². The highest BCUT2D eigenvalue weighted by atomic mass is 16.7. The summed E-state index contributed by atoms with van der Waals surface area (Å²) >= 11 is 0. The third-order valence-corrected chi connectivity index (χ3v) is 3.36. The predicted octanol–water partition coefficient (Wildman–Crippen LogP) is 1.41. The molecular formula is C14H17NO4. The quantitative estimate of drug-likeness (QED) is 0.782.